The highest BCUT2D eigenvalue weighted by atomic mass is 16.4. The first-order valence-electron chi connectivity index (χ1n) is 6.91. The second-order valence-corrected chi connectivity index (χ2v) is 5.39. The fraction of sp³-hybridized carbons (Fsp3) is 0.769. The molecule has 0 aromatic rings. The third kappa shape index (κ3) is 22.7. The van der Waals surface area contributed by atoms with Gasteiger partial charge in [-0.1, -0.05) is 27.7 Å². The Morgan fingerprint density at radius 2 is 1.43 bits per heavy atom. The minimum Gasteiger partial charge on any atom is -0.480 e. The standard InChI is InChI=1S/C7H11NO3.C6H13NO2.BH2O2/c1-5(2)3-6(7(10)11)8-4-9;1-4(2)3-5(7)6(8)9;2-1-3/h5-6H,3H2,1-2H3,(H,10,11);4-5H,3,7H2,1-2H3,(H,8,9);2-3H/t6-;5-;/m00./s1. The third-order valence-corrected chi connectivity index (χ3v) is 2.23. The normalized spacial score (nSPS) is 11.9. The monoisotopic (exact) mass is 333 g/mol. The summed E-state index contributed by atoms with van der Waals surface area (Å²) in [6, 6.07) is -1.61. The predicted molar refractivity (Wildman–Crippen MR) is 84.3 cm³/mol. The molecule has 0 aromatic carbocycles. The van der Waals surface area contributed by atoms with Gasteiger partial charge in [0.1, 0.15) is 6.04 Å². The molecule has 1 radical (unpaired) electrons. The molecule has 0 rings (SSSR count). The van der Waals surface area contributed by atoms with Crippen LogP contribution in [0.3, 0.4) is 0 Å². The third-order valence-electron chi connectivity index (χ3n) is 2.23. The fourth-order valence-corrected chi connectivity index (χ4v) is 1.33. The zero-order chi connectivity index (χ0) is 19.0. The van der Waals surface area contributed by atoms with Crippen molar-refractivity contribution >= 4 is 25.7 Å². The van der Waals surface area contributed by atoms with Crippen molar-refractivity contribution < 1.29 is 34.6 Å². The van der Waals surface area contributed by atoms with Crippen LogP contribution in [0.15, 0.2) is 4.99 Å². The number of nitrogens with two attached hydrogens (primary N) is 1. The van der Waals surface area contributed by atoms with E-state index < -0.39 is 24.0 Å². The number of carbonyl (C=O) groups excluding carboxylic acids is 1. The minimum atomic E-state index is -1.07. The average Bonchev–Trinajstić information content (AvgIpc) is 2.38. The molecule has 2 atom stereocenters. The van der Waals surface area contributed by atoms with Crippen molar-refractivity contribution in [1.82, 2.24) is 0 Å². The molecule has 9 nitrogen and oxygen atoms in total. The van der Waals surface area contributed by atoms with Crippen molar-refractivity contribution in [2.24, 2.45) is 22.6 Å². The Balaban J connectivity index is -0.000000301. The number of hydrogen-bond donors (Lipinski definition) is 5. The number of carbonyl (C=O) groups is 2. The van der Waals surface area contributed by atoms with E-state index in [0.29, 0.717) is 18.8 Å². The van der Waals surface area contributed by atoms with Crippen molar-refractivity contribution in [2.75, 3.05) is 0 Å². The molecule has 0 amide bonds. The van der Waals surface area contributed by atoms with Crippen LogP contribution in [-0.2, 0) is 14.4 Å². The molecule has 0 aliphatic carbocycles. The van der Waals surface area contributed by atoms with Gasteiger partial charge in [0.15, 0.2) is 6.04 Å². The first-order valence-corrected chi connectivity index (χ1v) is 6.91. The Kier molecular flexibility index (Phi) is 18.9. The lowest BCUT2D eigenvalue weighted by Gasteiger charge is -2.07. The van der Waals surface area contributed by atoms with Crippen molar-refractivity contribution in [3.63, 3.8) is 0 Å². The number of carboxylic acid groups (broad SMARTS) is 2. The molecule has 0 heterocycles. The summed E-state index contributed by atoms with van der Waals surface area (Å²) in [7, 11) is 0. The Morgan fingerprint density at radius 3 is 1.61 bits per heavy atom. The van der Waals surface area contributed by atoms with Crippen molar-refractivity contribution in [2.45, 2.75) is 52.6 Å². The molecule has 0 unspecified atom stereocenters. The van der Waals surface area contributed by atoms with Gasteiger partial charge in [-0.2, -0.15) is 4.99 Å². The molecular formula is C13H26BN2O7. The molecule has 0 aliphatic heterocycles. The smallest absolute Gasteiger partial charge is 0.480 e. The van der Waals surface area contributed by atoms with Crippen LogP contribution in [0.4, 0.5) is 0 Å². The maximum atomic E-state index is 10.4. The number of aliphatic imine (C=N–C) groups is 1. The van der Waals surface area contributed by atoms with Crippen LogP contribution in [-0.4, -0.2) is 58.0 Å². The van der Waals surface area contributed by atoms with Crippen molar-refractivity contribution in [3.8, 4) is 0 Å². The van der Waals surface area contributed by atoms with Gasteiger partial charge >= 0.3 is 19.6 Å². The highest BCUT2D eigenvalue weighted by Crippen LogP contribution is 2.07. The van der Waals surface area contributed by atoms with E-state index in [-0.39, 0.29) is 13.6 Å². The van der Waals surface area contributed by atoms with E-state index in [4.69, 9.17) is 26.0 Å². The summed E-state index contributed by atoms with van der Waals surface area (Å²) in [6.45, 7) is 7.64. The predicted octanol–water partition coefficient (Wildman–Crippen LogP) is -0.229. The lowest BCUT2D eigenvalue weighted by Crippen LogP contribution is -2.31. The van der Waals surface area contributed by atoms with Crippen LogP contribution < -0.4 is 5.73 Å². The van der Waals surface area contributed by atoms with Gasteiger partial charge in [0.05, 0.1) is 0 Å². The number of isocyanates is 1. The van der Waals surface area contributed by atoms with Crippen LogP contribution >= 0.6 is 0 Å². The second kappa shape index (κ2) is 16.6. The van der Waals surface area contributed by atoms with E-state index >= 15 is 0 Å². The van der Waals surface area contributed by atoms with Gasteiger partial charge in [-0.25, -0.2) is 9.59 Å². The van der Waals surface area contributed by atoms with E-state index in [0.717, 1.165) is 0 Å². The van der Waals surface area contributed by atoms with Gasteiger partial charge in [0.25, 0.3) is 0 Å². The van der Waals surface area contributed by atoms with Gasteiger partial charge in [0, 0.05) is 0 Å². The Morgan fingerprint density at radius 1 is 1.04 bits per heavy atom. The molecule has 6 N–H and O–H groups in total. The summed E-state index contributed by atoms with van der Waals surface area (Å²) < 4.78 is 0. The molecule has 0 fully saturated rings. The summed E-state index contributed by atoms with van der Waals surface area (Å²) in [5, 5.41) is 30.8. The summed E-state index contributed by atoms with van der Waals surface area (Å²) in [6.07, 6.45) is 2.18. The van der Waals surface area contributed by atoms with Crippen LogP contribution in [0.2, 0.25) is 0 Å². The maximum Gasteiger partial charge on any atom is 0.482 e. The Hall–Kier alpha value is -1.74. The van der Waals surface area contributed by atoms with Gasteiger partial charge < -0.3 is 26.0 Å². The molecule has 0 saturated heterocycles. The van der Waals surface area contributed by atoms with Gasteiger partial charge in [0.2, 0.25) is 6.08 Å². The SMILES string of the molecule is CC(C)C[C@H](N)C(=O)O.CC(C)C[C@H](N=C=O)C(=O)O.O[B]O. The topological polar surface area (TPSA) is 171 Å². The first-order chi connectivity index (χ1) is 10.5. The summed E-state index contributed by atoms with van der Waals surface area (Å²) >= 11 is 0. The molecule has 0 saturated carbocycles. The van der Waals surface area contributed by atoms with E-state index in [9.17, 15) is 14.4 Å². The second-order valence-electron chi connectivity index (χ2n) is 5.39. The minimum absolute atomic E-state index is 0. The van der Waals surface area contributed by atoms with E-state index in [1.807, 2.05) is 27.7 Å². The largest absolute Gasteiger partial charge is 0.482 e. The molecule has 0 aromatic heterocycles. The summed E-state index contributed by atoms with van der Waals surface area (Å²) in [5.41, 5.74) is 5.22. The number of carboxylic acids is 2. The van der Waals surface area contributed by atoms with Crippen LogP contribution in [0.1, 0.15) is 40.5 Å². The molecule has 133 valence electrons. The number of hydrogen-bond acceptors (Lipinski definition) is 7. The van der Waals surface area contributed by atoms with E-state index in [1.54, 1.807) is 0 Å². The van der Waals surface area contributed by atoms with E-state index in [1.165, 1.54) is 6.08 Å². The van der Waals surface area contributed by atoms with Crippen molar-refractivity contribution in [3.05, 3.63) is 0 Å². The molecule has 23 heavy (non-hydrogen) atoms. The first kappa shape index (κ1) is 26.2. The Labute approximate surface area is 136 Å². The highest BCUT2D eigenvalue weighted by Gasteiger charge is 2.17. The van der Waals surface area contributed by atoms with Crippen molar-refractivity contribution in [1.29, 1.82) is 0 Å². The van der Waals surface area contributed by atoms with Gasteiger partial charge in [-0.15, -0.1) is 0 Å². The zero-order valence-corrected chi connectivity index (χ0v) is 13.8. The van der Waals surface area contributed by atoms with Crippen LogP contribution in [0, 0.1) is 11.8 Å². The number of nitrogens with zero attached hydrogens (tertiary/aromatic N) is 1. The van der Waals surface area contributed by atoms with Gasteiger partial charge in [-0.3, -0.25) is 4.79 Å². The summed E-state index contributed by atoms with van der Waals surface area (Å²) in [4.78, 5) is 33.4. The number of aliphatic carboxylic acids is 2. The lowest BCUT2D eigenvalue weighted by molar-refractivity contribution is -0.139. The van der Waals surface area contributed by atoms with E-state index in [2.05, 4.69) is 4.99 Å². The quantitative estimate of drug-likeness (QED) is 0.241. The molecule has 0 aliphatic rings. The molecule has 0 bridgehead atoms. The van der Waals surface area contributed by atoms with Crippen LogP contribution in [0.5, 0.6) is 0 Å². The average molecular weight is 333 g/mol. The van der Waals surface area contributed by atoms with Crippen LogP contribution in [0.25, 0.3) is 0 Å². The van der Waals surface area contributed by atoms with Gasteiger partial charge in [-0.05, 0) is 24.7 Å². The molecular weight excluding hydrogens is 307 g/mol. The lowest BCUT2D eigenvalue weighted by atomic mass is 10.0. The fourth-order valence-electron chi connectivity index (χ4n) is 1.33. The maximum absolute atomic E-state index is 10.4. The summed E-state index contributed by atoms with van der Waals surface area (Å²) in [5.74, 6) is -1.41. The Bertz CT molecular complexity index is 369. The number of rotatable bonds is 7. The highest BCUT2D eigenvalue weighted by molar-refractivity contribution is 6.13. The molecule has 10 heteroatoms. The zero-order valence-electron chi connectivity index (χ0n) is 13.8. The molecule has 0 spiro atoms.